The molecule has 0 unspecified atom stereocenters. The third kappa shape index (κ3) is 3.12. The monoisotopic (exact) mass is 359 g/mol. The van der Waals surface area contributed by atoms with Crippen LogP contribution in [-0.4, -0.2) is 28.1 Å². The summed E-state index contributed by atoms with van der Waals surface area (Å²) in [5, 5.41) is 6.88. The van der Waals surface area contributed by atoms with E-state index in [2.05, 4.69) is 26.1 Å². The molecule has 6 heteroatoms. The Morgan fingerprint density at radius 1 is 1.32 bits per heavy atom. The van der Waals surface area contributed by atoms with Crippen LogP contribution < -0.4 is 0 Å². The number of halogens is 1. The zero-order valence-electron chi connectivity index (χ0n) is 11.9. The third-order valence-electron chi connectivity index (χ3n) is 3.26. The third-order valence-corrected chi connectivity index (χ3v) is 3.79. The number of aromatic amines is 1. The molecule has 1 amide bonds. The Balaban J connectivity index is 1.72. The molecule has 3 aromatic rings. The summed E-state index contributed by atoms with van der Waals surface area (Å²) in [5.41, 5.74) is 2.11. The predicted molar refractivity (Wildman–Crippen MR) is 86.2 cm³/mol. The summed E-state index contributed by atoms with van der Waals surface area (Å²) in [5.74, 6) is 0.513. The first-order chi connectivity index (χ1) is 10.6. The molecule has 0 bridgehead atoms. The number of hydrogen-bond acceptors (Lipinski definition) is 3. The molecule has 2 aromatic heterocycles. The van der Waals surface area contributed by atoms with Crippen LogP contribution in [0.15, 0.2) is 57.6 Å². The van der Waals surface area contributed by atoms with E-state index < -0.39 is 0 Å². The summed E-state index contributed by atoms with van der Waals surface area (Å²) in [6.45, 7) is 0.523. The summed E-state index contributed by atoms with van der Waals surface area (Å²) in [6.07, 6.45) is 1.58. The van der Waals surface area contributed by atoms with Gasteiger partial charge < -0.3 is 9.32 Å². The van der Waals surface area contributed by atoms with Crippen LogP contribution in [0.4, 0.5) is 0 Å². The Kier molecular flexibility index (Phi) is 4.11. The number of hydrogen-bond donors (Lipinski definition) is 1. The summed E-state index contributed by atoms with van der Waals surface area (Å²) in [4.78, 5) is 14.0. The lowest BCUT2D eigenvalue weighted by Crippen LogP contribution is -2.26. The molecule has 5 nitrogen and oxygen atoms in total. The van der Waals surface area contributed by atoms with E-state index in [0.717, 1.165) is 10.0 Å². The van der Waals surface area contributed by atoms with E-state index in [1.54, 1.807) is 30.3 Å². The summed E-state index contributed by atoms with van der Waals surface area (Å²) < 4.78 is 6.29. The minimum Gasteiger partial charge on any atom is -0.463 e. The number of aromatic nitrogens is 2. The molecule has 0 saturated carbocycles. The van der Waals surface area contributed by atoms with Gasteiger partial charge in [-0.25, -0.2) is 0 Å². The Morgan fingerprint density at radius 3 is 2.77 bits per heavy atom. The maximum atomic E-state index is 12.4. The minimum absolute atomic E-state index is 0.142. The molecule has 2 heterocycles. The number of carbonyl (C=O) groups is 1. The first-order valence-electron chi connectivity index (χ1n) is 6.72. The molecule has 1 N–H and O–H groups in total. The number of benzene rings is 1. The van der Waals surface area contributed by atoms with E-state index >= 15 is 0 Å². The molecule has 0 aliphatic carbocycles. The normalized spacial score (nSPS) is 10.6. The van der Waals surface area contributed by atoms with Gasteiger partial charge in [-0.1, -0.05) is 28.1 Å². The Bertz CT molecular complexity index is 763. The Labute approximate surface area is 136 Å². The highest BCUT2D eigenvalue weighted by Gasteiger charge is 2.16. The molecular formula is C16H14BrN3O2. The second kappa shape index (κ2) is 6.19. The molecule has 0 saturated heterocycles. The van der Waals surface area contributed by atoms with Crippen LogP contribution in [0.3, 0.4) is 0 Å². The van der Waals surface area contributed by atoms with Gasteiger partial charge in [0.15, 0.2) is 11.5 Å². The van der Waals surface area contributed by atoms with Gasteiger partial charge in [-0.2, -0.15) is 5.10 Å². The highest BCUT2D eigenvalue weighted by Crippen LogP contribution is 2.19. The van der Waals surface area contributed by atoms with Crippen molar-refractivity contribution in [3.8, 4) is 11.5 Å². The predicted octanol–water partition coefficient (Wildman–Crippen LogP) is 3.70. The highest BCUT2D eigenvalue weighted by molar-refractivity contribution is 9.10. The quantitative estimate of drug-likeness (QED) is 0.772. The van der Waals surface area contributed by atoms with Gasteiger partial charge >= 0.3 is 0 Å². The standard InChI is InChI=1S/C16H14BrN3O2/c1-20(10-11-4-6-12(17)7-5-11)16(21)14-9-13(18-19-14)15-3-2-8-22-15/h2-9H,10H2,1H3,(H,18,19). The van der Waals surface area contributed by atoms with Crippen LogP contribution in [0.5, 0.6) is 0 Å². The van der Waals surface area contributed by atoms with Crippen molar-refractivity contribution in [1.82, 2.24) is 15.1 Å². The van der Waals surface area contributed by atoms with Gasteiger partial charge in [0.05, 0.1) is 6.26 Å². The fraction of sp³-hybridized carbons (Fsp3) is 0.125. The Hall–Kier alpha value is -2.34. The lowest BCUT2D eigenvalue weighted by atomic mass is 10.2. The Morgan fingerprint density at radius 2 is 2.09 bits per heavy atom. The second-order valence-electron chi connectivity index (χ2n) is 4.93. The number of nitrogens with one attached hydrogen (secondary N) is 1. The van der Waals surface area contributed by atoms with Gasteiger partial charge in [0.2, 0.25) is 0 Å². The highest BCUT2D eigenvalue weighted by atomic mass is 79.9. The van der Waals surface area contributed by atoms with Gasteiger partial charge in [-0.3, -0.25) is 9.89 Å². The number of nitrogens with zero attached hydrogens (tertiary/aromatic N) is 2. The summed E-state index contributed by atoms with van der Waals surface area (Å²) in [7, 11) is 1.76. The van der Waals surface area contributed by atoms with Crippen LogP contribution in [0.25, 0.3) is 11.5 Å². The molecule has 0 aliphatic heterocycles. The van der Waals surface area contributed by atoms with Crippen LogP contribution in [0, 0.1) is 0 Å². The first kappa shape index (κ1) is 14.6. The van der Waals surface area contributed by atoms with E-state index in [1.165, 1.54) is 0 Å². The average molecular weight is 360 g/mol. The average Bonchev–Trinajstić information content (AvgIpc) is 3.19. The maximum Gasteiger partial charge on any atom is 0.274 e. The van der Waals surface area contributed by atoms with Crippen molar-refractivity contribution in [2.24, 2.45) is 0 Å². The fourth-order valence-electron chi connectivity index (χ4n) is 2.12. The van der Waals surface area contributed by atoms with E-state index in [1.807, 2.05) is 30.3 Å². The molecule has 0 atom stereocenters. The van der Waals surface area contributed by atoms with Crippen molar-refractivity contribution in [3.05, 3.63) is 64.5 Å². The van der Waals surface area contributed by atoms with Gasteiger partial charge in [0.1, 0.15) is 5.69 Å². The van der Waals surface area contributed by atoms with E-state index in [9.17, 15) is 4.79 Å². The molecule has 0 radical (unpaired) electrons. The van der Waals surface area contributed by atoms with Crippen molar-refractivity contribution in [1.29, 1.82) is 0 Å². The zero-order chi connectivity index (χ0) is 15.5. The number of furan rings is 1. The number of carbonyl (C=O) groups excluding carboxylic acids is 1. The van der Waals surface area contributed by atoms with Gasteiger partial charge in [0, 0.05) is 24.1 Å². The topological polar surface area (TPSA) is 62.1 Å². The molecule has 22 heavy (non-hydrogen) atoms. The summed E-state index contributed by atoms with van der Waals surface area (Å²) >= 11 is 3.40. The number of rotatable bonds is 4. The number of amides is 1. The smallest absolute Gasteiger partial charge is 0.274 e. The van der Waals surface area contributed by atoms with Crippen LogP contribution in [-0.2, 0) is 6.54 Å². The van der Waals surface area contributed by atoms with Crippen molar-refractivity contribution in [2.75, 3.05) is 7.05 Å². The van der Waals surface area contributed by atoms with Crippen molar-refractivity contribution >= 4 is 21.8 Å². The molecular weight excluding hydrogens is 346 g/mol. The molecule has 0 aliphatic rings. The fourth-order valence-corrected chi connectivity index (χ4v) is 2.38. The lowest BCUT2D eigenvalue weighted by Gasteiger charge is -2.15. The molecule has 0 fully saturated rings. The molecule has 0 spiro atoms. The van der Waals surface area contributed by atoms with Crippen molar-refractivity contribution in [3.63, 3.8) is 0 Å². The van der Waals surface area contributed by atoms with Crippen LogP contribution in [0.1, 0.15) is 16.1 Å². The maximum absolute atomic E-state index is 12.4. The van der Waals surface area contributed by atoms with Crippen LogP contribution >= 0.6 is 15.9 Å². The van der Waals surface area contributed by atoms with Crippen molar-refractivity contribution in [2.45, 2.75) is 6.54 Å². The van der Waals surface area contributed by atoms with Crippen LogP contribution in [0.2, 0.25) is 0 Å². The largest absolute Gasteiger partial charge is 0.463 e. The van der Waals surface area contributed by atoms with Gasteiger partial charge in [-0.15, -0.1) is 0 Å². The van der Waals surface area contributed by atoms with Crippen molar-refractivity contribution < 1.29 is 9.21 Å². The SMILES string of the molecule is CN(Cc1ccc(Br)cc1)C(=O)c1cc(-c2ccco2)[nH]n1. The summed E-state index contributed by atoms with van der Waals surface area (Å²) in [6, 6.07) is 13.2. The second-order valence-corrected chi connectivity index (χ2v) is 5.85. The minimum atomic E-state index is -0.142. The lowest BCUT2D eigenvalue weighted by molar-refractivity contribution is 0.0779. The molecule has 112 valence electrons. The zero-order valence-corrected chi connectivity index (χ0v) is 13.5. The van der Waals surface area contributed by atoms with E-state index in [-0.39, 0.29) is 5.91 Å². The first-order valence-corrected chi connectivity index (χ1v) is 7.52. The molecule has 3 rings (SSSR count). The van der Waals surface area contributed by atoms with Gasteiger partial charge in [-0.05, 0) is 29.8 Å². The van der Waals surface area contributed by atoms with E-state index in [4.69, 9.17) is 4.42 Å². The van der Waals surface area contributed by atoms with Gasteiger partial charge in [0.25, 0.3) is 5.91 Å². The molecule has 1 aromatic carbocycles. The number of H-pyrrole nitrogens is 1. The van der Waals surface area contributed by atoms with E-state index in [0.29, 0.717) is 23.7 Å².